The highest BCUT2D eigenvalue weighted by Crippen LogP contribution is 2.35. The number of hydrogen-bond acceptors (Lipinski definition) is 4. The summed E-state index contributed by atoms with van der Waals surface area (Å²) in [4.78, 5) is 42.0. The topological polar surface area (TPSA) is 91.4 Å². The summed E-state index contributed by atoms with van der Waals surface area (Å²) in [5, 5.41) is 5.12. The third-order valence-electron chi connectivity index (χ3n) is 4.35. The van der Waals surface area contributed by atoms with Crippen molar-refractivity contribution in [2.24, 2.45) is 0 Å². The molecule has 1 saturated carbocycles. The molecule has 1 aromatic heterocycles. The molecule has 7 nitrogen and oxygen atoms in total. The predicted octanol–water partition coefficient (Wildman–Crippen LogP) is 1.27. The summed E-state index contributed by atoms with van der Waals surface area (Å²) in [5.74, 6) is -0.792. The van der Waals surface area contributed by atoms with Crippen LogP contribution in [0.4, 0.5) is 10.5 Å². The van der Waals surface area contributed by atoms with Gasteiger partial charge in [-0.1, -0.05) is 19.3 Å². The smallest absolute Gasteiger partial charge is 0.308 e. The molecule has 2 fully saturated rings. The van der Waals surface area contributed by atoms with E-state index < -0.39 is 17.5 Å². The Kier molecular flexibility index (Phi) is 3.79. The van der Waals surface area contributed by atoms with E-state index in [1.807, 2.05) is 0 Å². The maximum atomic E-state index is 12.6. The number of nitrogens with one attached hydrogen (secondary N) is 2. The highest BCUT2D eigenvalue weighted by molar-refractivity contribution is 6.08. The van der Waals surface area contributed by atoms with Crippen molar-refractivity contribution in [3.63, 3.8) is 0 Å². The molecule has 2 aliphatic rings. The zero-order valence-electron chi connectivity index (χ0n) is 12.2. The van der Waals surface area contributed by atoms with E-state index in [1.165, 1.54) is 4.90 Å². The molecule has 2 N–H and O–H groups in total. The van der Waals surface area contributed by atoms with E-state index in [1.54, 1.807) is 24.5 Å². The normalized spacial score (nSPS) is 20.6. The summed E-state index contributed by atoms with van der Waals surface area (Å²) < 4.78 is 0. The number of nitrogens with zero attached hydrogens (tertiary/aromatic N) is 2. The number of hydrogen-bond donors (Lipinski definition) is 2. The van der Waals surface area contributed by atoms with Crippen molar-refractivity contribution in [1.29, 1.82) is 0 Å². The lowest BCUT2D eigenvalue weighted by atomic mass is 9.78. The fraction of sp³-hybridized carbons (Fsp3) is 0.467. The van der Waals surface area contributed by atoms with Crippen LogP contribution in [0.1, 0.15) is 32.1 Å². The Morgan fingerprint density at radius 3 is 2.55 bits per heavy atom. The van der Waals surface area contributed by atoms with Gasteiger partial charge in [0.15, 0.2) is 0 Å². The van der Waals surface area contributed by atoms with Gasteiger partial charge >= 0.3 is 6.03 Å². The second-order valence-electron chi connectivity index (χ2n) is 5.72. The molecule has 0 atom stereocenters. The van der Waals surface area contributed by atoms with Crippen molar-refractivity contribution in [3.05, 3.63) is 24.5 Å². The second kappa shape index (κ2) is 5.75. The number of aromatic nitrogens is 1. The van der Waals surface area contributed by atoms with Gasteiger partial charge in [-0.3, -0.25) is 19.9 Å². The molecule has 7 heteroatoms. The van der Waals surface area contributed by atoms with E-state index in [0.29, 0.717) is 18.5 Å². The molecule has 1 aliphatic carbocycles. The fourth-order valence-corrected chi connectivity index (χ4v) is 3.23. The number of carbonyl (C=O) groups excluding carboxylic acids is 3. The minimum absolute atomic E-state index is 0.0946. The van der Waals surface area contributed by atoms with Crippen LogP contribution in [0.2, 0.25) is 0 Å². The molecule has 22 heavy (non-hydrogen) atoms. The number of imide groups is 1. The van der Waals surface area contributed by atoms with Crippen LogP contribution >= 0.6 is 0 Å². The van der Waals surface area contributed by atoms with E-state index in [9.17, 15) is 14.4 Å². The molecule has 4 amide bonds. The van der Waals surface area contributed by atoms with E-state index in [4.69, 9.17) is 0 Å². The maximum Gasteiger partial charge on any atom is 0.323 e. The molecule has 2 heterocycles. The van der Waals surface area contributed by atoms with Crippen LogP contribution in [0.25, 0.3) is 0 Å². The second-order valence-corrected chi connectivity index (χ2v) is 5.72. The Morgan fingerprint density at radius 1 is 1.18 bits per heavy atom. The molecule has 1 aromatic rings. The van der Waals surface area contributed by atoms with Crippen LogP contribution in [0, 0.1) is 0 Å². The fourth-order valence-electron chi connectivity index (χ4n) is 3.23. The molecule has 0 unspecified atom stereocenters. The Balaban J connectivity index is 1.85. The standard InChI is InChI=1S/C15H18N4O3/c20-12-10-19(14(22)17-11-4-8-16-9-5-11)15(13(21)18-12)6-2-1-3-7-15/h4-5,8-9H,1-3,6-7,10H2,(H,16,17,22)(H,18,20,21). The molecule has 116 valence electrons. The van der Waals surface area contributed by atoms with Gasteiger partial charge in [-0.2, -0.15) is 0 Å². The van der Waals surface area contributed by atoms with Crippen molar-refractivity contribution in [2.45, 2.75) is 37.6 Å². The van der Waals surface area contributed by atoms with Crippen LogP contribution in [0.5, 0.6) is 0 Å². The first-order valence-electron chi connectivity index (χ1n) is 7.45. The van der Waals surface area contributed by atoms with Gasteiger partial charge in [-0.15, -0.1) is 0 Å². The molecule has 3 rings (SSSR count). The third kappa shape index (κ3) is 2.54. The zero-order valence-corrected chi connectivity index (χ0v) is 12.2. The van der Waals surface area contributed by atoms with Gasteiger partial charge in [-0.25, -0.2) is 4.79 Å². The number of piperazine rings is 1. The first-order valence-corrected chi connectivity index (χ1v) is 7.45. The lowest BCUT2D eigenvalue weighted by Gasteiger charge is -2.46. The van der Waals surface area contributed by atoms with Crippen LogP contribution < -0.4 is 10.6 Å². The molecular formula is C15H18N4O3. The molecule has 1 spiro atoms. The van der Waals surface area contributed by atoms with Gasteiger partial charge in [0.25, 0.3) is 5.91 Å². The Morgan fingerprint density at radius 2 is 1.86 bits per heavy atom. The Hall–Kier alpha value is -2.44. The molecule has 0 bridgehead atoms. The lowest BCUT2D eigenvalue weighted by Crippen LogP contribution is -2.69. The van der Waals surface area contributed by atoms with E-state index >= 15 is 0 Å². The predicted molar refractivity (Wildman–Crippen MR) is 78.9 cm³/mol. The average Bonchev–Trinajstić information content (AvgIpc) is 2.53. The van der Waals surface area contributed by atoms with E-state index in [-0.39, 0.29) is 12.5 Å². The molecule has 0 radical (unpaired) electrons. The van der Waals surface area contributed by atoms with Crippen molar-refractivity contribution < 1.29 is 14.4 Å². The number of pyridine rings is 1. The largest absolute Gasteiger partial charge is 0.323 e. The molecule has 1 saturated heterocycles. The summed E-state index contributed by atoms with van der Waals surface area (Å²) in [6, 6.07) is 2.91. The third-order valence-corrected chi connectivity index (χ3v) is 4.35. The number of carbonyl (C=O) groups is 3. The van der Waals surface area contributed by atoms with Gasteiger partial charge in [0.05, 0.1) is 0 Å². The Bertz CT molecular complexity index is 596. The summed E-state index contributed by atoms with van der Waals surface area (Å²) >= 11 is 0. The summed E-state index contributed by atoms with van der Waals surface area (Å²) in [5.41, 5.74) is -0.312. The summed E-state index contributed by atoms with van der Waals surface area (Å²) in [7, 11) is 0. The van der Waals surface area contributed by atoms with Crippen molar-refractivity contribution in [1.82, 2.24) is 15.2 Å². The van der Waals surface area contributed by atoms with Crippen molar-refractivity contribution in [3.8, 4) is 0 Å². The first-order chi connectivity index (χ1) is 10.6. The quantitative estimate of drug-likeness (QED) is 0.764. The van der Waals surface area contributed by atoms with E-state index in [2.05, 4.69) is 15.6 Å². The number of anilines is 1. The SMILES string of the molecule is O=C1CN(C(=O)Nc2ccncc2)C2(CCCCC2)C(=O)N1. The van der Waals surface area contributed by atoms with Crippen LogP contribution in [-0.4, -0.2) is 39.8 Å². The molecule has 1 aliphatic heterocycles. The van der Waals surface area contributed by atoms with Gasteiger partial charge in [0.2, 0.25) is 5.91 Å². The Labute approximate surface area is 128 Å². The molecular weight excluding hydrogens is 284 g/mol. The minimum Gasteiger partial charge on any atom is -0.308 e. The first kappa shape index (κ1) is 14.5. The average molecular weight is 302 g/mol. The minimum atomic E-state index is -0.900. The highest BCUT2D eigenvalue weighted by Gasteiger charge is 2.51. The van der Waals surface area contributed by atoms with Gasteiger partial charge in [-0.05, 0) is 25.0 Å². The van der Waals surface area contributed by atoms with E-state index in [0.717, 1.165) is 19.3 Å². The number of amides is 4. The molecule has 0 aromatic carbocycles. The zero-order chi connectivity index (χ0) is 15.6. The van der Waals surface area contributed by atoms with Crippen molar-refractivity contribution in [2.75, 3.05) is 11.9 Å². The maximum absolute atomic E-state index is 12.6. The van der Waals surface area contributed by atoms with Gasteiger partial charge < -0.3 is 10.2 Å². The highest BCUT2D eigenvalue weighted by atomic mass is 16.2. The van der Waals surface area contributed by atoms with Crippen LogP contribution in [0.3, 0.4) is 0 Å². The van der Waals surface area contributed by atoms with Crippen LogP contribution in [0.15, 0.2) is 24.5 Å². The summed E-state index contributed by atoms with van der Waals surface area (Å²) in [6.07, 6.45) is 7.12. The van der Waals surface area contributed by atoms with Gasteiger partial charge in [0, 0.05) is 18.1 Å². The number of urea groups is 1. The lowest BCUT2D eigenvalue weighted by molar-refractivity contribution is -0.146. The number of rotatable bonds is 1. The van der Waals surface area contributed by atoms with Crippen LogP contribution in [-0.2, 0) is 9.59 Å². The summed E-state index contributed by atoms with van der Waals surface area (Å²) in [6.45, 7) is -0.0946. The monoisotopic (exact) mass is 302 g/mol. The van der Waals surface area contributed by atoms with Gasteiger partial charge in [0.1, 0.15) is 12.1 Å². The van der Waals surface area contributed by atoms with Crippen molar-refractivity contribution >= 4 is 23.5 Å².